The molecule has 10 heteroatoms. The van der Waals surface area contributed by atoms with Crippen molar-refractivity contribution in [2.24, 2.45) is 0 Å². The van der Waals surface area contributed by atoms with Gasteiger partial charge in [-0.15, -0.1) is 0 Å². The van der Waals surface area contributed by atoms with Gasteiger partial charge in [0.1, 0.15) is 24.2 Å². The van der Waals surface area contributed by atoms with Crippen LogP contribution in [0.1, 0.15) is 31.9 Å². The molecular weight excluding hydrogens is 593 g/mol. The topological polar surface area (TPSA) is 96.0 Å². The van der Waals surface area contributed by atoms with Gasteiger partial charge in [0.05, 0.1) is 17.2 Å². The quantitative estimate of drug-likeness (QED) is 0.196. The van der Waals surface area contributed by atoms with E-state index >= 15 is 0 Å². The summed E-state index contributed by atoms with van der Waals surface area (Å²) < 4.78 is 48.5. The molecule has 4 aromatic rings. The minimum absolute atomic E-state index is 0.0586. The van der Waals surface area contributed by atoms with Crippen molar-refractivity contribution in [1.82, 2.24) is 10.2 Å². The van der Waals surface area contributed by atoms with Crippen molar-refractivity contribution in [2.45, 2.75) is 50.7 Å². The molecule has 1 unspecified atom stereocenters. The number of hydrogen-bond donors (Lipinski definition) is 1. The van der Waals surface area contributed by atoms with Crippen LogP contribution in [0.25, 0.3) is 0 Å². The van der Waals surface area contributed by atoms with Gasteiger partial charge in [-0.05, 0) is 80.4 Å². The number of carbonyl (C=O) groups excluding carboxylic acids is 2. The normalized spacial score (nSPS) is 11.9. The number of nitrogens with one attached hydrogen (secondary N) is 1. The Balaban J connectivity index is 1.77. The Morgan fingerprint density at radius 2 is 1.40 bits per heavy atom. The minimum atomic E-state index is -4.32. The van der Waals surface area contributed by atoms with Gasteiger partial charge in [0, 0.05) is 19.0 Å². The van der Waals surface area contributed by atoms with Crippen LogP contribution in [-0.4, -0.2) is 50.4 Å². The maximum Gasteiger partial charge on any atom is 0.264 e. The highest BCUT2D eigenvalue weighted by molar-refractivity contribution is 7.92. The molecule has 0 bridgehead atoms. The van der Waals surface area contributed by atoms with E-state index in [4.69, 9.17) is 4.74 Å². The average Bonchev–Trinajstić information content (AvgIpc) is 3.03. The second kappa shape index (κ2) is 15.3. The SMILES string of the molecule is CCOc1ccc(S(=O)(=O)N(CC(=O)N(Cc2ccccc2)C(Cc2ccccc2)C(=O)NC(C)C)c2ccc(F)cc2)cc1. The van der Waals surface area contributed by atoms with Crippen molar-refractivity contribution in [3.63, 3.8) is 0 Å². The van der Waals surface area contributed by atoms with Crippen LogP contribution in [0.3, 0.4) is 0 Å². The van der Waals surface area contributed by atoms with Crippen molar-refractivity contribution in [1.29, 1.82) is 0 Å². The van der Waals surface area contributed by atoms with Gasteiger partial charge in [0.2, 0.25) is 11.8 Å². The molecule has 0 aromatic heterocycles. The maximum absolute atomic E-state index is 14.4. The Kier molecular flexibility index (Phi) is 11.3. The zero-order chi connectivity index (χ0) is 32.4. The van der Waals surface area contributed by atoms with Gasteiger partial charge < -0.3 is 15.0 Å². The Bertz CT molecular complexity index is 1650. The van der Waals surface area contributed by atoms with Crippen molar-refractivity contribution in [3.8, 4) is 5.75 Å². The smallest absolute Gasteiger partial charge is 0.264 e. The zero-order valence-corrected chi connectivity index (χ0v) is 26.4. The molecule has 2 amide bonds. The first-order chi connectivity index (χ1) is 21.6. The number of ether oxygens (including phenoxy) is 1. The Hall–Kier alpha value is -4.70. The molecule has 236 valence electrons. The first-order valence-electron chi connectivity index (χ1n) is 14.8. The second-order valence-corrected chi connectivity index (χ2v) is 12.6. The van der Waals surface area contributed by atoms with Crippen LogP contribution in [0, 0.1) is 5.82 Å². The van der Waals surface area contributed by atoms with E-state index in [1.54, 1.807) is 0 Å². The average molecular weight is 632 g/mol. The Labute approximate surface area is 264 Å². The summed E-state index contributed by atoms with van der Waals surface area (Å²) in [4.78, 5) is 29.4. The number of benzene rings is 4. The number of amides is 2. The number of sulfonamides is 1. The zero-order valence-electron chi connectivity index (χ0n) is 25.6. The molecule has 0 radical (unpaired) electrons. The van der Waals surface area contributed by atoms with Crippen LogP contribution in [0.2, 0.25) is 0 Å². The van der Waals surface area contributed by atoms with Crippen LogP contribution in [0.4, 0.5) is 10.1 Å². The summed E-state index contributed by atoms with van der Waals surface area (Å²) in [5, 5.41) is 2.93. The molecule has 0 saturated heterocycles. The molecular formula is C35H38FN3O5S. The summed E-state index contributed by atoms with van der Waals surface area (Å²) in [5.74, 6) is -1.02. The summed E-state index contributed by atoms with van der Waals surface area (Å²) in [6.07, 6.45) is 0.208. The van der Waals surface area contributed by atoms with Crippen molar-refractivity contribution in [2.75, 3.05) is 17.5 Å². The highest BCUT2D eigenvalue weighted by atomic mass is 32.2. The van der Waals surface area contributed by atoms with E-state index < -0.39 is 34.3 Å². The number of rotatable bonds is 14. The highest BCUT2D eigenvalue weighted by Crippen LogP contribution is 2.27. The van der Waals surface area contributed by atoms with E-state index in [1.807, 2.05) is 81.4 Å². The summed E-state index contributed by atoms with van der Waals surface area (Å²) in [5.41, 5.74) is 1.71. The first kappa shape index (κ1) is 33.2. The fourth-order valence-corrected chi connectivity index (χ4v) is 6.27. The van der Waals surface area contributed by atoms with E-state index in [0.717, 1.165) is 27.6 Å². The predicted molar refractivity (Wildman–Crippen MR) is 173 cm³/mol. The summed E-state index contributed by atoms with van der Waals surface area (Å²) in [6, 6.07) is 28.1. The molecule has 0 saturated carbocycles. The molecule has 4 aromatic carbocycles. The standard InChI is InChI=1S/C35H38FN3O5S/c1-4-44-31-19-21-32(22-20-31)45(42,43)39(30-17-15-29(36)16-18-30)25-34(40)38(24-28-13-9-6-10-14-28)33(35(41)37-26(2)3)23-27-11-7-5-8-12-27/h5-22,26,33H,4,23-25H2,1-3H3,(H,37,41). The fourth-order valence-electron chi connectivity index (χ4n) is 4.85. The molecule has 1 N–H and O–H groups in total. The number of nitrogens with zero attached hydrogens (tertiary/aromatic N) is 2. The third-order valence-electron chi connectivity index (χ3n) is 7.01. The lowest BCUT2D eigenvalue weighted by molar-refractivity contribution is -0.140. The van der Waals surface area contributed by atoms with E-state index in [9.17, 15) is 22.4 Å². The largest absolute Gasteiger partial charge is 0.494 e. The van der Waals surface area contributed by atoms with Crippen LogP contribution >= 0.6 is 0 Å². The molecule has 0 aliphatic rings. The van der Waals surface area contributed by atoms with Crippen molar-refractivity contribution < 1.29 is 27.1 Å². The van der Waals surface area contributed by atoms with Gasteiger partial charge in [-0.3, -0.25) is 13.9 Å². The van der Waals surface area contributed by atoms with E-state index in [2.05, 4.69) is 5.32 Å². The van der Waals surface area contributed by atoms with Crippen LogP contribution < -0.4 is 14.4 Å². The number of hydrogen-bond acceptors (Lipinski definition) is 5. The van der Waals surface area contributed by atoms with Crippen LogP contribution in [0.15, 0.2) is 114 Å². The molecule has 0 heterocycles. The molecule has 1 atom stereocenters. The molecule has 4 rings (SSSR count). The van der Waals surface area contributed by atoms with Gasteiger partial charge in [-0.1, -0.05) is 60.7 Å². The molecule has 8 nitrogen and oxygen atoms in total. The molecule has 0 aliphatic heterocycles. The Morgan fingerprint density at radius 3 is 1.96 bits per heavy atom. The highest BCUT2D eigenvalue weighted by Gasteiger charge is 2.34. The van der Waals surface area contributed by atoms with Gasteiger partial charge in [0.25, 0.3) is 10.0 Å². The summed E-state index contributed by atoms with van der Waals surface area (Å²) in [7, 11) is -4.32. The summed E-state index contributed by atoms with van der Waals surface area (Å²) in [6.45, 7) is 5.33. The lowest BCUT2D eigenvalue weighted by Crippen LogP contribution is -2.54. The lowest BCUT2D eigenvalue weighted by atomic mass is 10.0. The number of anilines is 1. The van der Waals surface area contributed by atoms with Crippen molar-refractivity contribution in [3.05, 3.63) is 126 Å². The van der Waals surface area contributed by atoms with Crippen LogP contribution in [-0.2, 0) is 32.6 Å². The van der Waals surface area contributed by atoms with Gasteiger partial charge in [-0.2, -0.15) is 0 Å². The van der Waals surface area contributed by atoms with Gasteiger partial charge in [0.15, 0.2) is 0 Å². The van der Waals surface area contributed by atoms with Gasteiger partial charge in [-0.25, -0.2) is 12.8 Å². The molecule has 0 fully saturated rings. The molecule has 0 aliphatic carbocycles. The monoisotopic (exact) mass is 631 g/mol. The molecule has 45 heavy (non-hydrogen) atoms. The van der Waals surface area contributed by atoms with Gasteiger partial charge >= 0.3 is 0 Å². The third kappa shape index (κ3) is 8.92. The van der Waals surface area contributed by atoms with E-state index in [0.29, 0.717) is 12.4 Å². The minimum Gasteiger partial charge on any atom is -0.494 e. The fraction of sp³-hybridized carbons (Fsp3) is 0.257. The van der Waals surface area contributed by atoms with E-state index in [1.165, 1.54) is 41.3 Å². The Morgan fingerprint density at radius 1 is 0.822 bits per heavy atom. The van der Waals surface area contributed by atoms with Crippen molar-refractivity contribution >= 4 is 27.5 Å². The summed E-state index contributed by atoms with van der Waals surface area (Å²) >= 11 is 0. The third-order valence-corrected chi connectivity index (χ3v) is 8.80. The lowest BCUT2D eigenvalue weighted by Gasteiger charge is -2.34. The first-order valence-corrected chi connectivity index (χ1v) is 16.2. The predicted octanol–water partition coefficient (Wildman–Crippen LogP) is 5.58. The molecule has 0 spiro atoms. The number of carbonyl (C=O) groups is 2. The van der Waals surface area contributed by atoms with E-state index in [-0.39, 0.29) is 35.5 Å². The van der Waals surface area contributed by atoms with Crippen LogP contribution in [0.5, 0.6) is 5.75 Å². The number of halogens is 1. The second-order valence-electron chi connectivity index (χ2n) is 10.8. The maximum atomic E-state index is 14.4.